The molecular formula is C19H22N2O5. The number of hydrogen-bond donors (Lipinski definition) is 2. The number of aryl methyl sites for hydroxylation is 1. The number of carbonyl (C=O) groups is 2. The van der Waals surface area contributed by atoms with Crippen LogP contribution in [0.4, 0.5) is 0 Å². The summed E-state index contributed by atoms with van der Waals surface area (Å²) in [7, 11) is 3.02. The SMILES string of the molecule is CCOc1ccc(C(=O)NNC(=O)c2ccc(C)c(OC)c2)cc1OC. The first-order chi connectivity index (χ1) is 12.5. The van der Waals surface area contributed by atoms with Crippen molar-refractivity contribution in [3.63, 3.8) is 0 Å². The summed E-state index contributed by atoms with van der Waals surface area (Å²) in [6, 6.07) is 9.80. The molecule has 0 aliphatic rings. The van der Waals surface area contributed by atoms with Gasteiger partial charge in [-0.1, -0.05) is 6.07 Å². The van der Waals surface area contributed by atoms with E-state index in [-0.39, 0.29) is 0 Å². The van der Waals surface area contributed by atoms with Gasteiger partial charge in [-0.3, -0.25) is 20.4 Å². The summed E-state index contributed by atoms with van der Waals surface area (Å²) >= 11 is 0. The maximum Gasteiger partial charge on any atom is 0.269 e. The van der Waals surface area contributed by atoms with Gasteiger partial charge >= 0.3 is 0 Å². The van der Waals surface area contributed by atoms with Gasteiger partial charge in [-0.25, -0.2) is 0 Å². The highest BCUT2D eigenvalue weighted by atomic mass is 16.5. The van der Waals surface area contributed by atoms with Gasteiger partial charge in [-0.15, -0.1) is 0 Å². The highest BCUT2D eigenvalue weighted by molar-refractivity contribution is 5.99. The Hall–Kier alpha value is -3.22. The average Bonchev–Trinajstić information content (AvgIpc) is 2.66. The minimum atomic E-state index is -0.473. The lowest BCUT2D eigenvalue weighted by Gasteiger charge is -2.12. The fraction of sp³-hybridized carbons (Fsp3) is 0.263. The number of ether oxygens (including phenoxy) is 3. The predicted octanol–water partition coefficient (Wildman–Crippen LogP) is 2.49. The third-order valence-corrected chi connectivity index (χ3v) is 3.69. The molecule has 0 saturated carbocycles. The molecule has 0 aliphatic heterocycles. The molecule has 2 aromatic rings. The number of methoxy groups -OCH3 is 2. The normalized spacial score (nSPS) is 10.0. The van der Waals surface area contributed by atoms with Gasteiger partial charge in [-0.2, -0.15) is 0 Å². The van der Waals surface area contributed by atoms with Crippen LogP contribution in [0.5, 0.6) is 17.2 Å². The number of carbonyl (C=O) groups excluding carboxylic acids is 2. The lowest BCUT2D eigenvalue weighted by Crippen LogP contribution is -2.41. The van der Waals surface area contributed by atoms with E-state index in [9.17, 15) is 9.59 Å². The predicted molar refractivity (Wildman–Crippen MR) is 96.8 cm³/mol. The summed E-state index contributed by atoms with van der Waals surface area (Å²) in [4.78, 5) is 24.4. The average molecular weight is 358 g/mol. The van der Waals surface area contributed by atoms with E-state index in [1.54, 1.807) is 36.4 Å². The highest BCUT2D eigenvalue weighted by Crippen LogP contribution is 2.28. The fourth-order valence-electron chi connectivity index (χ4n) is 2.30. The molecule has 0 spiro atoms. The number of hydrogen-bond acceptors (Lipinski definition) is 5. The number of benzene rings is 2. The molecule has 2 amide bonds. The molecule has 2 N–H and O–H groups in total. The van der Waals surface area contributed by atoms with Gasteiger partial charge in [0.25, 0.3) is 11.8 Å². The first kappa shape index (κ1) is 19.1. The Labute approximate surface area is 152 Å². The highest BCUT2D eigenvalue weighted by Gasteiger charge is 2.13. The number of nitrogens with one attached hydrogen (secondary N) is 2. The van der Waals surface area contributed by atoms with E-state index in [2.05, 4.69) is 10.9 Å². The van der Waals surface area contributed by atoms with Crippen molar-refractivity contribution in [2.24, 2.45) is 0 Å². The largest absolute Gasteiger partial charge is 0.496 e. The zero-order chi connectivity index (χ0) is 19.1. The zero-order valence-electron chi connectivity index (χ0n) is 15.2. The molecule has 2 rings (SSSR count). The van der Waals surface area contributed by atoms with Crippen molar-refractivity contribution in [1.29, 1.82) is 0 Å². The number of hydrazine groups is 1. The molecule has 0 bridgehead atoms. The van der Waals surface area contributed by atoms with E-state index in [0.29, 0.717) is 35.0 Å². The second-order valence-corrected chi connectivity index (χ2v) is 5.39. The van der Waals surface area contributed by atoms with Crippen LogP contribution in [0.3, 0.4) is 0 Å². The van der Waals surface area contributed by atoms with Crippen molar-refractivity contribution in [3.05, 3.63) is 53.1 Å². The van der Waals surface area contributed by atoms with E-state index in [1.807, 2.05) is 13.8 Å². The van der Waals surface area contributed by atoms with Gasteiger partial charge in [0.05, 0.1) is 20.8 Å². The molecule has 7 heteroatoms. The van der Waals surface area contributed by atoms with Gasteiger partial charge < -0.3 is 14.2 Å². The quantitative estimate of drug-likeness (QED) is 0.775. The van der Waals surface area contributed by atoms with Crippen molar-refractivity contribution < 1.29 is 23.8 Å². The summed E-state index contributed by atoms with van der Waals surface area (Å²) in [6.45, 7) is 4.22. The Morgan fingerprint density at radius 1 is 0.846 bits per heavy atom. The fourth-order valence-corrected chi connectivity index (χ4v) is 2.30. The minimum Gasteiger partial charge on any atom is -0.496 e. The van der Waals surface area contributed by atoms with Crippen molar-refractivity contribution in [2.45, 2.75) is 13.8 Å². The maximum absolute atomic E-state index is 12.2. The topological polar surface area (TPSA) is 85.9 Å². The van der Waals surface area contributed by atoms with Crippen LogP contribution in [0.25, 0.3) is 0 Å². The number of rotatable bonds is 6. The van der Waals surface area contributed by atoms with Crippen LogP contribution in [0.1, 0.15) is 33.2 Å². The molecule has 0 radical (unpaired) electrons. The molecule has 0 saturated heterocycles. The summed E-state index contributed by atoms with van der Waals surface area (Å²) in [6.07, 6.45) is 0. The molecule has 0 atom stereocenters. The molecule has 0 unspecified atom stereocenters. The Morgan fingerprint density at radius 3 is 1.92 bits per heavy atom. The van der Waals surface area contributed by atoms with Gasteiger partial charge in [0.15, 0.2) is 11.5 Å². The van der Waals surface area contributed by atoms with E-state index < -0.39 is 11.8 Å². The third kappa shape index (κ3) is 4.44. The molecule has 7 nitrogen and oxygen atoms in total. The van der Waals surface area contributed by atoms with Crippen LogP contribution in [0.15, 0.2) is 36.4 Å². The second kappa shape index (κ2) is 8.75. The van der Waals surface area contributed by atoms with E-state index >= 15 is 0 Å². The van der Waals surface area contributed by atoms with Crippen LogP contribution >= 0.6 is 0 Å². The van der Waals surface area contributed by atoms with Crippen molar-refractivity contribution in [1.82, 2.24) is 10.9 Å². The molecule has 0 fully saturated rings. The van der Waals surface area contributed by atoms with Gasteiger partial charge in [0, 0.05) is 11.1 Å². The van der Waals surface area contributed by atoms with Crippen LogP contribution in [0.2, 0.25) is 0 Å². The van der Waals surface area contributed by atoms with Crippen LogP contribution in [-0.4, -0.2) is 32.6 Å². The zero-order valence-corrected chi connectivity index (χ0v) is 15.2. The van der Waals surface area contributed by atoms with Crippen LogP contribution in [-0.2, 0) is 0 Å². The maximum atomic E-state index is 12.2. The van der Waals surface area contributed by atoms with E-state index in [1.165, 1.54) is 14.2 Å². The Bertz CT molecular complexity index is 805. The van der Waals surface area contributed by atoms with Gasteiger partial charge in [0.1, 0.15) is 5.75 Å². The monoisotopic (exact) mass is 358 g/mol. The summed E-state index contributed by atoms with van der Waals surface area (Å²) in [5.41, 5.74) is 6.37. The second-order valence-electron chi connectivity index (χ2n) is 5.39. The van der Waals surface area contributed by atoms with E-state index in [0.717, 1.165) is 5.56 Å². The molecule has 0 heterocycles. The van der Waals surface area contributed by atoms with Gasteiger partial charge in [0.2, 0.25) is 0 Å². The van der Waals surface area contributed by atoms with Crippen molar-refractivity contribution in [2.75, 3.05) is 20.8 Å². The molecule has 138 valence electrons. The summed E-state index contributed by atoms with van der Waals surface area (Å²) in [5.74, 6) is 0.657. The Balaban J connectivity index is 2.05. The Kier molecular flexibility index (Phi) is 6.43. The number of amides is 2. The lowest BCUT2D eigenvalue weighted by molar-refractivity contribution is 0.0846. The summed E-state index contributed by atoms with van der Waals surface area (Å²) in [5, 5.41) is 0. The van der Waals surface area contributed by atoms with Crippen LogP contribution in [0, 0.1) is 6.92 Å². The molecule has 0 aliphatic carbocycles. The van der Waals surface area contributed by atoms with Crippen LogP contribution < -0.4 is 25.1 Å². The Morgan fingerprint density at radius 2 is 1.38 bits per heavy atom. The lowest BCUT2D eigenvalue weighted by atomic mass is 10.1. The first-order valence-electron chi connectivity index (χ1n) is 8.06. The minimum absolute atomic E-state index is 0.326. The summed E-state index contributed by atoms with van der Waals surface area (Å²) < 4.78 is 15.8. The molecule has 26 heavy (non-hydrogen) atoms. The smallest absolute Gasteiger partial charge is 0.269 e. The van der Waals surface area contributed by atoms with E-state index in [4.69, 9.17) is 14.2 Å². The third-order valence-electron chi connectivity index (χ3n) is 3.69. The molecule has 0 aromatic heterocycles. The molecule has 2 aromatic carbocycles. The van der Waals surface area contributed by atoms with Gasteiger partial charge in [-0.05, 0) is 49.7 Å². The standard InChI is InChI=1S/C19H22N2O5/c1-5-26-15-9-8-14(11-17(15)25-4)19(23)21-20-18(22)13-7-6-12(2)16(10-13)24-3/h6-11H,5H2,1-4H3,(H,20,22)(H,21,23). The van der Waals surface area contributed by atoms with Crippen molar-refractivity contribution in [3.8, 4) is 17.2 Å². The first-order valence-corrected chi connectivity index (χ1v) is 8.06. The van der Waals surface area contributed by atoms with Crippen molar-refractivity contribution >= 4 is 11.8 Å². The molecular weight excluding hydrogens is 336 g/mol.